The number of carboxylic acids is 1. The van der Waals surface area contributed by atoms with E-state index in [0.717, 1.165) is 12.8 Å². The number of pyridine rings is 1. The van der Waals surface area contributed by atoms with Gasteiger partial charge in [-0.2, -0.15) is 0 Å². The summed E-state index contributed by atoms with van der Waals surface area (Å²) in [5, 5.41) is 8.93. The van der Waals surface area contributed by atoms with E-state index in [1.807, 2.05) is 0 Å². The summed E-state index contributed by atoms with van der Waals surface area (Å²) in [5.74, 6) is -0.685. The van der Waals surface area contributed by atoms with Gasteiger partial charge in [-0.1, -0.05) is 32.0 Å². The highest BCUT2D eigenvalue weighted by atomic mass is 28.3. The molecule has 5 heteroatoms. The predicted molar refractivity (Wildman–Crippen MR) is 72.8 cm³/mol. The number of aromatic carboxylic acids is 1. The summed E-state index contributed by atoms with van der Waals surface area (Å²) in [6.45, 7) is 5.19. The van der Waals surface area contributed by atoms with Crippen LogP contribution in [0.25, 0.3) is 0 Å². The van der Waals surface area contributed by atoms with Crippen LogP contribution in [0.1, 0.15) is 29.8 Å². The zero-order chi connectivity index (χ0) is 13.4. The number of carbonyl (C=O) groups is 1. The molecule has 1 aromatic rings. The van der Waals surface area contributed by atoms with Gasteiger partial charge in [0.05, 0.1) is 6.61 Å². The van der Waals surface area contributed by atoms with Crippen LogP contribution in [-0.4, -0.2) is 31.5 Å². The summed E-state index contributed by atoms with van der Waals surface area (Å²) >= 11 is 0. The molecule has 4 nitrogen and oxygen atoms in total. The summed E-state index contributed by atoms with van der Waals surface area (Å²) in [5.41, 5.74) is -0.00916. The second kappa shape index (κ2) is 7.87. The number of unbranched alkanes of at least 4 members (excludes halogenated alkanes) is 2. The third kappa shape index (κ3) is 5.31. The van der Waals surface area contributed by atoms with Crippen molar-refractivity contribution in [3.63, 3.8) is 0 Å². The van der Waals surface area contributed by atoms with E-state index in [1.165, 1.54) is 18.7 Å². The standard InChI is InChI=1S/C13H20NO3Si/c1-18(2)10-5-3-4-9-17-11-7-6-8-14-12(11)13(15)16/h6-8H,3-5,9-10H2,1-2H3,(H,15,16). The van der Waals surface area contributed by atoms with Crippen molar-refractivity contribution in [2.75, 3.05) is 6.61 Å². The maximum absolute atomic E-state index is 10.9. The Morgan fingerprint density at radius 3 is 2.83 bits per heavy atom. The van der Waals surface area contributed by atoms with Gasteiger partial charge in [-0.15, -0.1) is 0 Å². The molecule has 0 aromatic carbocycles. The minimum Gasteiger partial charge on any atom is -0.491 e. The Kier molecular flexibility index (Phi) is 6.42. The molecule has 0 atom stereocenters. The lowest BCUT2D eigenvalue weighted by atomic mass is 10.2. The molecule has 0 amide bonds. The van der Waals surface area contributed by atoms with Crippen molar-refractivity contribution in [1.82, 2.24) is 4.98 Å². The van der Waals surface area contributed by atoms with Crippen molar-refractivity contribution in [3.05, 3.63) is 24.0 Å². The molecular formula is C13H20NO3Si. The summed E-state index contributed by atoms with van der Waals surface area (Å²) < 4.78 is 5.47. The first-order valence-corrected chi connectivity index (χ1v) is 8.92. The van der Waals surface area contributed by atoms with Crippen molar-refractivity contribution in [2.24, 2.45) is 0 Å². The van der Waals surface area contributed by atoms with Crippen LogP contribution in [0.4, 0.5) is 0 Å². The molecule has 0 bridgehead atoms. The van der Waals surface area contributed by atoms with Gasteiger partial charge in [-0.25, -0.2) is 9.78 Å². The molecule has 1 N–H and O–H groups in total. The molecule has 0 fully saturated rings. The van der Waals surface area contributed by atoms with Crippen LogP contribution in [0.15, 0.2) is 18.3 Å². The first-order chi connectivity index (χ1) is 8.61. The van der Waals surface area contributed by atoms with Gasteiger partial charge in [-0.05, 0) is 18.6 Å². The van der Waals surface area contributed by atoms with E-state index in [1.54, 1.807) is 12.1 Å². The second-order valence-electron chi connectivity index (χ2n) is 4.52. The maximum Gasteiger partial charge on any atom is 0.358 e. The molecule has 18 heavy (non-hydrogen) atoms. The Labute approximate surface area is 110 Å². The van der Waals surface area contributed by atoms with Crippen LogP contribution < -0.4 is 4.74 Å². The topological polar surface area (TPSA) is 59.4 Å². The Morgan fingerprint density at radius 2 is 2.17 bits per heavy atom. The van der Waals surface area contributed by atoms with E-state index >= 15 is 0 Å². The van der Waals surface area contributed by atoms with E-state index in [9.17, 15) is 4.79 Å². The molecule has 1 rings (SSSR count). The van der Waals surface area contributed by atoms with Crippen LogP contribution >= 0.6 is 0 Å². The fraction of sp³-hybridized carbons (Fsp3) is 0.538. The lowest BCUT2D eigenvalue weighted by Crippen LogP contribution is -2.06. The normalized spacial score (nSPS) is 10.6. The van der Waals surface area contributed by atoms with Crippen LogP contribution in [0.5, 0.6) is 5.75 Å². The van der Waals surface area contributed by atoms with E-state index in [2.05, 4.69) is 18.1 Å². The zero-order valence-electron chi connectivity index (χ0n) is 11.0. The van der Waals surface area contributed by atoms with Gasteiger partial charge in [0, 0.05) is 15.0 Å². The third-order valence-corrected chi connectivity index (χ3v) is 3.91. The molecule has 99 valence electrons. The Bertz CT molecular complexity index is 382. The largest absolute Gasteiger partial charge is 0.491 e. The molecule has 1 radical (unpaired) electrons. The summed E-state index contributed by atoms with van der Waals surface area (Å²) in [6, 6.07) is 4.66. The highest BCUT2D eigenvalue weighted by molar-refractivity contribution is 6.55. The van der Waals surface area contributed by atoms with Crippen molar-refractivity contribution >= 4 is 14.8 Å². The Balaban J connectivity index is 2.29. The Hall–Kier alpha value is -1.36. The molecule has 1 aromatic heterocycles. The maximum atomic E-state index is 10.9. The highest BCUT2D eigenvalue weighted by Crippen LogP contribution is 2.15. The van der Waals surface area contributed by atoms with Gasteiger partial charge >= 0.3 is 5.97 Å². The number of ether oxygens (including phenoxy) is 1. The summed E-state index contributed by atoms with van der Waals surface area (Å²) in [4.78, 5) is 14.7. The molecule has 0 aliphatic rings. The van der Waals surface area contributed by atoms with Gasteiger partial charge in [0.15, 0.2) is 11.4 Å². The van der Waals surface area contributed by atoms with Crippen molar-refractivity contribution in [1.29, 1.82) is 0 Å². The molecule has 0 saturated heterocycles. The molecule has 0 unspecified atom stereocenters. The minimum atomic E-state index is -1.05. The third-order valence-electron chi connectivity index (χ3n) is 2.55. The first-order valence-electron chi connectivity index (χ1n) is 6.21. The fourth-order valence-corrected chi connectivity index (χ4v) is 2.56. The molecule has 0 saturated carbocycles. The van der Waals surface area contributed by atoms with Crippen LogP contribution in [0.3, 0.4) is 0 Å². The number of rotatable bonds is 8. The fourth-order valence-electron chi connectivity index (χ4n) is 1.61. The number of hydrogen-bond acceptors (Lipinski definition) is 3. The molecular weight excluding hydrogens is 246 g/mol. The van der Waals surface area contributed by atoms with E-state index in [-0.39, 0.29) is 14.5 Å². The average Bonchev–Trinajstić information content (AvgIpc) is 2.33. The number of nitrogens with zero attached hydrogens (tertiary/aromatic N) is 1. The highest BCUT2D eigenvalue weighted by Gasteiger charge is 2.11. The van der Waals surface area contributed by atoms with E-state index < -0.39 is 5.97 Å². The number of aromatic nitrogens is 1. The monoisotopic (exact) mass is 266 g/mol. The lowest BCUT2D eigenvalue weighted by Gasteiger charge is -2.08. The molecule has 1 heterocycles. The van der Waals surface area contributed by atoms with Crippen LogP contribution in [0.2, 0.25) is 19.1 Å². The zero-order valence-corrected chi connectivity index (χ0v) is 12.0. The minimum absolute atomic E-state index is 0.00916. The van der Waals surface area contributed by atoms with Crippen molar-refractivity contribution in [3.8, 4) is 5.75 Å². The molecule has 0 aliphatic carbocycles. The molecule has 0 spiro atoms. The quantitative estimate of drug-likeness (QED) is 0.580. The van der Waals surface area contributed by atoms with E-state index in [4.69, 9.17) is 9.84 Å². The second-order valence-corrected chi connectivity index (χ2v) is 7.44. The van der Waals surface area contributed by atoms with Gasteiger partial charge in [0.25, 0.3) is 0 Å². The van der Waals surface area contributed by atoms with Crippen molar-refractivity contribution in [2.45, 2.75) is 38.4 Å². The van der Waals surface area contributed by atoms with Crippen LogP contribution in [-0.2, 0) is 0 Å². The van der Waals surface area contributed by atoms with E-state index in [0.29, 0.717) is 12.4 Å². The van der Waals surface area contributed by atoms with Gasteiger partial charge in [-0.3, -0.25) is 0 Å². The number of hydrogen-bond donors (Lipinski definition) is 1. The van der Waals surface area contributed by atoms with Gasteiger partial charge in [0.2, 0.25) is 0 Å². The van der Waals surface area contributed by atoms with Gasteiger partial charge in [0.1, 0.15) is 0 Å². The summed E-state index contributed by atoms with van der Waals surface area (Å²) in [7, 11) is -0.120. The van der Waals surface area contributed by atoms with Gasteiger partial charge < -0.3 is 9.84 Å². The number of carboxylic acid groups (broad SMARTS) is 1. The first kappa shape index (κ1) is 14.7. The van der Waals surface area contributed by atoms with Crippen LogP contribution in [0, 0.1) is 0 Å². The SMILES string of the molecule is C[Si](C)CCCCCOc1cccnc1C(=O)O. The van der Waals surface area contributed by atoms with Crippen molar-refractivity contribution < 1.29 is 14.6 Å². The molecule has 0 aliphatic heterocycles. The Morgan fingerprint density at radius 1 is 1.39 bits per heavy atom. The summed E-state index contributed by atoms with van der Waals surface area (Å²) in [6.07, 6.45) is 4.80. The lowest BCUT2D eigenvalue weighted by molar-refractivity contribution is 0.0685. The average molecular weight is 266 g/mol. The smallest absolute Gasteiger partial charge is 0.358 e. The predicted octanol–water partition coefficient (Wildman–Crippen LogP) is 3.08.